The van der Waals surface area contributed by atoms with Gasteiger partial charge in [0.05, 0.1) is 0 Å². The summed E-state index contributed by atoms with van der Waals surface area (Å²) in [5.41, 5.74) is -0.338. The molecule has 0 aromatic rings. The van der Waals surface area contributed by atoms with Crippen LogP contribution in [0.3, 0.4) is 0 Å². The molecule has 4 saturated carbocycles. The maximum absolute atomic E-state index is 13.3. The normalized spacial score (nSPS) is 46.0. The minimum Gasteiger partial charge on any atom is -0.300 e. The lowest BCUT2D eigenvalue weighted by molar-refractivity contribution is -0.152. The number of fused-ring (bicyclic) bond motifs is 5. The Morgan fingerprint density at radius 3 is 2.26 bits per heavy atom. The minimum absolute atomic E-state index is 0.000325. The zero-order chi connectivity index (χ0) is 19.9. The fourth-order valence-electron chi connectivity index (χ4n) is 7.89. The van der Waals surface area contributed by atoms with Crippen molar-refractivity contribution in [1.82, 2.24) is 0 Å². The average Bonchev–Trinajstić information content (AvgIpc) is 3.02. The van der Waals surface area contributed by atoms with Gasteiger partial charge in [0.25, 0.3) is 0 Å². The molecular formula is C25H42O2. The van der Waals surface area contributed by atoms with E-state index in [1.807, 2.05) is 13.8 Å². The molecule has 0 N–H and O–H groups in total. The van der Waals surface area contributed by atoms with E-state index in [-0.39, 0.29) is 17.1 Å². The van der Waals surface area contributed by atoms with Crippen LogP contribution in [0.2, 0.25) is 0 Å². The topological polar surface area (TPSA) is 34.1 Å². The van der Waals surface area contributed by atoms with E-state index in [1.54, 1.807) is 6.92 Å². The van der Waals surface area contributed by atoms with Crippen LogP contribution in [-0.4, -0.2) is 11.6 Å². The Bertz CT molecular complexity index is 565. The van der Waals surface area contributed by atoms with Gasteiger partial charge in [-0.3, -0.25) is 9.59 Å². The van der Waals surface area contributed by atoms with Gasteiger partial charge in [-0.25, -0.2) is 0 Å². The summed E-state index contributed by atoms with van der Waals surface area (Å²) in [4.78, 5) is 25.4. The molecule has 8 atom stereocenters. The number of rotatable bonds is 2. The van der Waals surface area contributed by atoms with Gasteiger partial charge in [-0.2, -0.15) is 0 Å². The Morgan fingerprint density at radius 2 is 1.63 bits per heavy atom. The van der Waals surface area contributed by atoms with Gasteiger partial charge < -0.3 is 0 Å². The highest BCUT2D eigenvalue weighted by Crippen LogP contribution is 2.63. The van der Waals surface area contributed by atoms with Gasteiger partial charge in [0, 0.05) is 17.8 Å². The molecule has 2 nitrogen and oxygen atoms in total. The van der Waals surface area contributed by atoms with Crippen LogP contribution in [0.4, 0.5) is 0 Å². The molecular weight excluding hydrogens is 332 g/mol. The summed E-state index contributed by atoms with van der Waals surface area (Å²) in [6, 6.07) is 0. The predicted octanol–water partition coefficient (Wildman–Crippen LogP) is 6.32. The Labute approximate surface area is 167 Å². The van der Waals surface area contributed by atoms with E-state index in [0.29, 0.717) is 23.5 Å². The summed E-state index contributed by atoms with van der Waals surface area (Å²) < 4.78 is 0. The highest BCUT2D eigenvalue weighted by atomic mass is 16.1. The number of carbonyl (C=O) groups is 2. The fourth-order valence-corrected chi connectivity index (χ4v) is 7.89. The molecule has 154 valence electrons. The van der Waals surface area contributed by atoms with Crippen LogP contribution < -0.4 is 0 Å². The van der Waals surface area contributed by atoms with Crippen molar-refractivity contribution < 1.29 is 9.59 Å². The summed E-state index contributed by atoms with van der Waals surface area (Å²) >= 11 is 0. The predicted molar refractivity (Wildman–Crippen MR) is 111 cm³/mol. The first-order valence-electron chi connectivity index (χ1n) is 11.9. The van der Waals surface area contributed by atoms with E-state index < -0.39 is 0 Å². The van der Waals surface area contributed by atoms with Crippen molar-refractivity contribution in [2.75, 3.05) is 0 Å². The smallest absolute Gasteiger partial charge is 0.140 e. The molecule has 0 heterocycles. The van der Waals surface area contributed by atoms with Crippen molar-refractivity contribution in [2.45, 2.75) is 92.9 Å². The minimum atomic E-state index is -0.338. The van der Waals surface area contributed by atoms with Gasteiger partial charge in [-0.1, -0.05) is 34.6 Å². The van der Waals surface area contributed by atoms with Gasteiger partial charge in [0.15, 0.2) is 0 Å². The summed E-state index contributed by atoms with van der Waals surface area (Å²) in [6.45, 7) is 12.6. The highest BCUT2D eigenvalue weighted by Gasteiger charge is 2.61. The van der Waals surface area contributed by atoms with E-state index in [2.05, 4.69) is 20.8 Å². The molecule has 2 heteroatoms. The van der Waals surface area contributed by atoms with Gasteiger partial charge >= 0.3 is 0 Å². The molecule has 0 amide bonds. The molecule has 4 fully saturated rings. The Balaban J connectivity index is 0.00000102. The first-order valence-corrected chi connectivity index (χ1v) is 11.9. The first-order chi connectivity index (χ1) is 12.8. The molecule has 0 spiro atoms. The maximum Gasteiger partial charge on any atom is 0.140 e. The Morgan fingerprint density at radius 1 is 0.963 bits per heavy atom. The molecule has 0 radical (unpaired) electrons. The molecule has 0 aromatic heterocycles. The zero-order valence-corrected chi connectivity index (χ0v) is 18.6. The lowest BCUT2D eigenvalue weighted by atomic mass is 9.48. The Hall–Kier alpha value is -0.660. The van der Waals surface area contributed by atoms with E-state index in [9.17, 15) is 9.59 Å². The van der Waals surface area contributed by atoms with Gasteiger partial charge in [-0.05, 0) is 93.3 Å². The lowest BCUT2D eigenvalue weighted by Gasteiger charge is -2.55. The number of ketones is 2. The third-order valence-electron chi connectivity index (χ3n) is 9.29. The fraction of sp³-hybridized carbons (Fsp3) is 0.920. The second kappa shape index (κ2) is 7.99. The van der Waals surface area contributed by atoms with Crippen LogP contribution in [0.1, 0.15) is 92.9 Å². The molecule has 6 unspecified atom stereocenters. The summed E-state index contributed by atoms with van der Waals surface area (Å²) in [6.07, 6.45) is 9.65. The van der Waals surface area contributed by atoms with Crippen molar-refractivity contribution in [3.63, 3.8) is 0 Å². The average molecular weight is 375 g/mol. The number of hydrogen-bond donors (Lipinski definition) is 0. The van der Waals surface area contributed by atoms with Crippen LogP contribution in [0.5, 0.6) is 0 Å². The van der Waals surface area contributed by atoms with Gasteiger partial charge in [0.2, 0.25) is 0 Å². The van der Waals surface area contributed by atoms with Crippen molar-refractivity contribution in [3.05, 3.63) is 0 Å². The van der Waals surface area contributed by atoms with E-state index in [0.717, 1.165) is 42.9 Å². The van der Waals surface area contributed by atoms with Crippen LogP contribution in [0.25, 0.3) is 0 Å². The van der Waals surface area contributed by atoms with Crippen LogP contribution in [-0.2, 0) is 9.59 Å². The maximum atomic E-state index is 13.3. The van der Waals surface area contributed by atoms with Crippen LogP contribution in [0.15, 0.2) is 0 Å². The molecule has 0 aliphatic heterocycles. The number of Topliss-reactive ketones (excluding diaryl/α,β-unsaturated/α-hetero) is 2. The van der Waals surface area contributed by atoms with E-state index in [4.69, 9.17) is 0 Å². The molecule has 4 rings (SSSR count). The zero-order valence-electron chi connectivity index (χ0n) is 18.6. The Kier molecular flexibility index (Phi) is 6.23. The second-order valence-corrected chi connectivity index (χ2v) is 10.4. The monoisotopic (exact) mass is 374 g/mol. The van der Waals surface area contributed by atoms with E-state index in [1.165, 1.54) is 32.1 Å². The van der Waals surface area contributed by atoms with Crippen LogP contribution in [0, 0.1) is 52.8 Å². The molecule has 0 aromatic carbocycles. The second-order valence-electron chi connectivity index (χ2n) is 10.4. The number of carbonyl (C=O) groups excluding carboxylic acids is 2. The first kappa shape index (κ1) is 21.1. The third kappa shape index (κ3) is 3.33. The number of hydrogen-bond acceptors (Lipinski definition) is 2. The van der Waals surface area contributed by atoms with Crippen molar-refractivity contribution in [1.29, 1.82) is 0 Å². The summed E-state index contributed by atoms with van der Waals surface area (Å²) in [5.74, 6) is 5.87. The molecule has 0 bridgehead atoms. The third-order valence-corrected chi connectivity index (χ3v) is 9.29. The SMILES string of the molecule is CC.CC(=O)[C@H]1CCC2C3CCC4CC(C(C)C)CCC4C3CC(=O)[C@@]21C. The van der Waals surface area contributed by atoms with Gasteiger partial charge in [-0.15, -0.1) is 0 Å². The van der Waals surface area contributed by atoms with Crippen molar-refractivity contribution in [3.8, 4) is 0 Å². The van der Waals surface area contributed by atoms with Crippen molar-refractivity contribution >= 4 is 11.6 Å². The molecule has 27 heavy (non-hydrogen) atoms. The highest BCUT2D eigenvalue weighted by molar-refractivity contribution is 5.93. The largest absolute Gasteiger partial charge is 0.300 e. The standard InChI is InChI=1S/C23H36O2.C2H6/c1-13(2)15-5-7-17-16(11-15)6-8-18-19(17)12-22(25)23(4)20(14(3)24)9-10-21(18)23;1-2/h13,15-21H,5-12H2,1-4H3;1-2H3/t15?,16?,17?,18?,19?,20-,21?,23-;/m1./s1. The summed E-state index contributed by atoms with van der Waals surface area (Å²) in [5, 5.41) is 0. The molecule has 4 aliphatic carbocycles. The molecule has 4 aliphatic rings. The lowest BCUT2D eigenvalue weighted by Crippen LogP contribution is -2.54. The van der Waals surface area contributed by atoms with Crippen LogP contribution >= 0.6 is 0 Å². The molecule has 0 saturated heterocycles. The quantitative estimate of drug-likeness (QED) is 0.566. The van der Waals surface area contributed by atoms with Crippen molar-refractivity contribution in [2.24, 2.45) is 52.8 Å². The van der Waals surface area contributed by atoms with Gasteiger partial charge in [0.1, 0.15) is 11.6 Å². The summed E-state index contributed by atoms with van der Waals surface area (Å²) in [7, 11) is 0. The van der Waals surface area contributed by atoms with E-state index >= 15 is 0 Å².